The summed E-state index contributed by atoms with van der Waals surface area (Å²) in [5.41, 5.74) is 0.0226. The Balaban J connectivity index is 2.63. The number of aliphatic hydroxyl groups excluding tert-OH is 1. The largest absolute Gasteiger partial charge is 0.395 e. The highest BCUT2D eigenvalue weighted by atomic mass is 32.2. The monoisotopic (exact) mass is 289 g/mol. The zero-order chi connectivity index (χ0) is 14.4. The highest BCUT2D eigenvalue weighted by molar-refractivity contribution is 7.99. The quantitative estimate of drug-likeness (QED) is 0.838. The summed E-state index contributed by atoms with van der Waals surface area (Å²) in [5, 5.41) is 11.6. The third-order valence-electron chi connectivity index (χ3n) is 2.81. The molecular formula is C13H17F2NO2S. The van der Waals surface area contributed by atoms with Crippen LogP contribution in [0.1, 0.15) is 12.5 Å². The summed E-state index contributed by atoms with van der Waals surface area (Å²) in [4.78, 5) is 11.7. The van der Waals surface area contributed by atoms with Gasteiger partial charge in [-0.2, -0.15) is 11.8 Å². The SMILES string of the molecule is CSC(CO)C(C)NC(=O)Cc1cccc(F)c1F. The summed E-state index contributed by atoms with van der Waals surface area (Å²) in [6.45, 7) is 1.70. The number of aliphatic hydroxyl groups is 1. The summed E-state index contributed by atoms with van der Waals surface area (Å²) in [5.74, 6) is -2.35. The van der Waals surface area contributed by atoms with E-state index in [0.717, 1.165) is 6.07 Å². The summed E-state index contributed by atoms with van der Waals surface area (Å²) in [6, 6.07) is 3.50. The van der Waals surface area contributed by atoms with Gasteiger partial charge in [-0.25, -0.2) is 8.78 Å². The highest BCUT2D eigenvalue weighted by Gasteiger charge is 2.18. The van der Waals surface area contributed by atoms with E-state index in [-0.39, 0.29) is 29.9 Å². The van der Waals surface area contributed by atoms with Crippen molar-refractivity contribution in [1.29, 1.82) is 0 Å². The van der Waals surface area contributed by atoms with Gasteiger partial charge in [-0.3, -0.25) is 4.79 Å². The molecule has 106 valence electrons. The first-order valence-corrected chi connectivity index (χ1v) is 7.14. The van der Waals surface area contributed by atoms with E-state index in [2.05, 4.69) is 5.32 Å². The van der Waals surface area contributed by atoms with Crippen molar-refractivity contribution in [3.63, 3.8) is 0 Å². The normalized spacial score (nSPS) is 13.9. The van der Waals surface area contributed by atoms with E-state index < -0.39 is 17.5 Å². The Bertz CT molecular complexity index is 439. The van der Waals surface area contributed by atoms with Crippen molar-refractivity contribution in [2.75, 3.05) is 12.9 Å². The Morgan fingerprint density at radius 1 is 1.47 bits per heavy atom. The second-order valence-corrected chi connectivity index (χ2v) is 5.28. The fraction of sp³-hybridized carbons (Fsp3) is 0.462. The fourth-order valence-electron chi connectivity index (χ4n) is 1.69. The third-order valence-corrected chi connectivity index (χ3v) is 3.97. The molecular weight excluding hydrogens is 272 g/mol. The van der Waals surface area contributed by atoms with Crippen molar-refractivity contribution in [2.45, 2.75) is 24.6 Å². The Labute approximate surface area is 115 Å². The third kappa shape index (κ3) is 4.47. The molecule has 0 aliphatic rings. The van der Waals surface area contributed by atoms with E-state index in [1.807, 2.05) is 6.26 Å². The number of carbonyl (C=O) groups excluding carboxylic acids is 1. The van der Waals surface area contributed by atoms with Crippen LogP contribution in [0.2, 0.25) is 0 Å². The number of halogens is 2. The number of carbonyl (C=O) groups is 1. The topological polar surface area (TPSA) is 49.3 Å². The van der Waals surface area contributed by atoms with Crippen LogP contribution >= 0.6 is 11.8 Å². The molecule has 2 N–H and O–H groups in total. The van der Waals surface area contributed by atoms with E-state index >= 15 is 0 Å². The maximum absolute atomic E-state index is 13.4. The lowest BCUT2D eigenvalue weighted by molar-refractivity contribution is -0.121. The molecule has 0 fully saturated rings. The van der Waals surface area contributed by atoms with Gasteiger partial charge in [0.15, 0.2) is 11.6 Å². The standard InChI is InChI=1S/C13H17F2NO2S/c1-8(11(7-17)19-2)16-12(18)6-9-4-3-5-10(14)13(9)15/h3-5,8,11,17H,6-7H2,1-2H3,(H,16,18). The lowest BCUT2D eigenvalue weighted by atomic mass is 10.1. The minimum atomic E-state index is -0.992. The van der Waals surface area contributed by atoms with Gasteiger partial charge in [0, 0.05) is 16.9 Å². The lowest BCUT2D eigenvalue weighted by Crippen LogP contribution is -2.42. The second kappa shape index (κ2) is 7.45. The van der Waals surface area contributed by atoms with Crippen LogP contribution in [0, 0.1) is 11.6 Å². The van der Waals surface area contributed by atoms with Crippen LogP contribution in [0.15, 0.2) is 18.2 Å². The van der Waals surface area contributed by atoms with Crippen LogP contribution < -0.4 is 5.32 Å². The van der Waals surface area contributed by atoms with Crippen molar-refractivity contribution >= 4 is 17.7 Å². The number of thioether (sulfide) groups is 1. The first-order valence-electron chi connectivity index (χ1n) is 5.85. The van der Waals surface area contributed by atoms with Crippen molar-refractivity contribution in [2.24, 2.45) is 0 Å². The molecule has 0 bridgehead atoms. The number of rotatable bonds is 6. The summed E-state index contributed by atoms with van der Waals surface area (Å²) in [6.07, 6.45) is 1.61. The first-order chi connectivity index (χ1) is 8.99. The molecule has 0 aliphatic heterocycles. The Morgan fingerprint density at radius 3 is 2.74 bits per heavy atom. The summed E-state index contributed by atoms with van der Waals surface area (Å²) >= 11 is 1.43. The van der Waals surface area contributed by atoms with Crippen molar-refractivity contribution in [3.05, 3.63) is 35.4 Å². The molecule has 1 aromatic rings. The zero-order valence-electron chi connectivity index (χ0n) is 10.8. The van der Waals surface area contributed by atoms with Crippen LogP contribution in [-0.4, -0.2) is 35.2 Å². The van der Waals surface area contributed by atoms with E-state index in [4.69, 9.17) is 5.11 Å². The van der Waals surface area contributed by atoms with E-state index in [1.54, 1.807) is 6.92 Å². The molecule has 6 heteroatoms. The molecule has 0 heterocycles. The Kier molecular flexibility index (Phi) is 6.24. The summed E-state index contributed by atoms with van der Waals surface area (Å²) in [7, 11) is 0. The molecule has 2 unspecified atom stereocenters. The van der Waals surface area contributed by atoms with E-state index in [9.17, 15) is 13.6 Å². The van der Waals surface area contributed by atoms with Crippen molar-refractivity contribution in [1.82, 2.24) is 5.32 Å². The maximum Gasteiger partial charge on any atom is 0.224 e. The number of amides is 1. The number of nitrogens with one attached hydrogen (secondary N) is 1. The van der Waals surface area contributed by atoms with Gasteiger partial charge in [-0.1, -0.05) is 12.1 Å². The molecule has 0 radical (unpaired) electrons. The van der Waals surface area contributed by atoms with Gasteiger partial charge >= 0.3 is 0 Å². The number of hydrogen-bond donors (Lipinski definition) is 2. The average Bonchev–Trinajstić information content (AvgIpc) is 2.36. The average molecular weight is 289 g/mol. The molecule has 2 atom stereocenters. The smallest absolute Gasteiger partial charge is 0.224 e. The van der Waals surface area contributed by atoms with E-state index in [0.29, 0.717) is 0 Å². The van der Waals surface area contributed by atoms with Crippen LogP contribution in [0.4, 0.5) is 8.78 Å². The van der Waals surface area contributed by atoms with Gasteiger partial charge in [0.25, 0.3) is 0 Å². The van der Waals surface area contributed by atoms with Crippen LogP contribution in [-0.2, 0) is 11.2 Å². The fourth-order valence-corrected chi connectivity index (χ4v) is 2.32. The van der Waals surface area contributed by atoms with Crippen LogP contribution in [0.3, 0.4) is 0 Å². The zero-order valence-corrected chi connectivity index (χ0v) is 11.6. The second-order valence-electron chi connectivity index (χ2n) is 4.20. The van der Waals surface area contributed by atoms with Crippen molar-refractivity contribution in [3.8, 4) is 0 Å². The molecule has 0 aromatic heterocycles. The first kappa shape index (κ1) is 15.9. The predicted molar refractivity (Wildman–Crippen MR) is 72.1 cm³/mol. The Morgan fingerprint density at radius 2 is 2.16 bits per heavy atom. The molecule has 19 heavy (non-hydrogen) atoms. The highest BCUT2D eigenvalue weighted by Crippen LogP contribution is 2.13. The van der Waals surface area contributed by atoms with Gasteiger partial charge in [0.1, 0.15) is 0 Å². The summed E-state index contributed by atoms with van der Waals surface area (Å²) < 4.78 is 26.4. The molecule has 0 saturated heterocycles. The Hall–Kier alpha value is -1.14. The molecule has 3 nitrogen and oxygen atoms in total. The number of benzene rings is 1. The molecule has 0 aliphatic carbocycles. The van der Waals surface area contributed by atoms with Gasteiger partial charge in [0.05, 0.1) is 13.0 Å². The van der Waals surface area contributed by atoms with Gasteiger partial charge in [0.2, 0.25) is 5.91 Å². The van der Waals surface area contributed by atoms with E-state index in [1.165, 1.54) is 23.9 Å². The predicted octanol–water partition coefficient (Wildman–Crippen LogP) is 1.74. The minimum Gasteiger partial charge on any atom is -0.395 e. The van der Waals surface area contributed by atoms with Crippen molar-refractivity contribution < 1.29 is 18.7 Å². The molecule has 0 spiro atoms. The van der Waals surface area contributed by atoms with Gasteiger partial charge in [-0.15, -0.1) is 0 Å². The number of hydrogen-bond acceptors (Lipinski definition) is 3. The lowest BCUT2D eigenvalue weighted by Gasteiger charge is -2.21. The molecule has 1 amide bonds. The molecule has 1 aromatic carbocycles. The minimum absolute atomic E-state index is 0.0226. The van der Waals surface area contributed by atoms with Crippen LogP contribution in [0.25, 0.3) is 0 Å². The molecule has 1 rings (SSSR count). The molecule has 0 saturated carbocycles. The van der Waals surface area contributed by atoms with Crippen LogP contribution in [0.5, 0.6) is 0 Å². The van der Waals surface area contributed by atoms with Gasteiger partial charge < -0.3 is 10.4 Å². The maximum atomic E-state index is 13.4. The van der Waals surface area contributed by atoms with Gasteiger partial charge in [-0.05, 0) is 19.2 Å².